The maximum absolute atomic E-state index is 12.3. The molecule has 1 saturated carbocycles. The second kappa shape index (κ2) is 8.20. The summed E-state index contributed by atoms with van der Waals surface area (Å²) in [6, 6.07) is -0.0120. The van der Waals surface area contributed by atoms with Crippen LogP contribution in [0.5, 0.6) is 0 Å². The summed E-state index contributed by atoms with van der Waals surface area (Å²) in [6.07, 6.45) is 9.15. The van der Waals surface area contributed by atoms with E-state index in [2.05, 4.69) is 10.5 Å². The predicted octanol–water partition coefficient (Wildman–Crippen LogP) is 3.79. The maximum atomic E-state index is 12.3. The van der Waals surface area contributed by atoms with Crippen LogP contribution in [0.15, 0.2) is 4.52 Å². The standard InChI is InChI=1S/C17H29N3O2/c1-13-16(14(2)22-19-13)12-20(3)17(21)18-11-15-9-7-5-4-6-8-10-15/h15H,4-12H2,1-3H3,(H,18,21). The molecule has 0 radical (unpaired) electrons. The van der Waals surface area contributed by atoms with Crippen molar-refractivity contribution in [2.24, 2.45) is 5.92 Å². The molecule has 1 aliphatic rings. The summed E-state index contributed by atoms with van der Waals surface area (Å²) in [5, 5.41) is 7.02. The van der Waals surface area contributed by atoms with E-state index in [-0.39, 0.29) is 6.03 Å². The molecule has 0 unspecified atom stereocenters. The van der Waals surface area contributed by atoms with Crippen molar-refractivity contribution in [1.82, 2.24) is 15.4 Å². The molecule has 5 nitrogen and oxygen atoms in total. The molecule has 5 heteroatoms. The fraction of sp³-hybridized carbons (Fsp3) is 0.765. The third-order valence-electron chi connectivity index (χ3n) is 4.69. The molecule has 22 heavy (non-hydrogen) atoms. The molecule has 2 rings (SSSR count). The van der Waals surface area contributed by atoms with E-state index in [0.717, 1.165) is 23.6 Å². The highest BCUT2D eigenvalue weighted by Gasteiger charge is 2.17. The Bertz CT molecular complexity index is 457. The number of urea groups is 1. The number of aromatic nitrogens is 1. The lowest BCUT2D eigenvalue weighted by Crippen LogP contribution is -2.39. The normalized spacial score (nSPS) is 16.9. The van der Waals surface area contributed by atoms with E-state index in [0.29, 0.717) is 12.5 Å². The Morgan fingerprint density at radius 2 is 1.86 bits per heavy atom. The van der Waals surface area contributed by atoms with E-state index in [1.807, 2.05) is 20.9 Å². The summed E-state index contributed by atoms with van der Waals surface area (Å²) in [5.41, 5.74) is 1.86. The average Bonchev–Trinajstić information content (AvgIpc) is 2.77. The molecule has 1 aromatic heterocycles. The monoisotopic (exact) mass is 307 g/mol. The Kier molecular flexibility index (Phi) is 6.28. The number of nitrogens with zero attached hydrogens (tertiary/aromatic N) is 2. The summed E-state index contributed by atoms with van der Waals surface area (Å²) in [5.74, 6) is 1.42. The van der Waals surface area contributed by atoms with Crippen LogP contribution in [0, 0.1) is 19.8 Å². The van der Waals surface area contributed by atoms with Gasteiger partial charge in [-0.1, -0.05) is 37.3 Å². The third kappa shape index (κ3) is 4.75. The van der Waals surface area contributed by atoms with Gasteiger partial charge in [0.15, 0.2) is 0 Å². The highest BCUT2D eigenvalue weighted by atomic mass is 16.5. The van der Waals surface area contributed by atoms with Crippen molar-refractivity contribution >= 4 is 6.03 Å². The molecule has 0 spiro atoms. The highest BCUT2D eigenvalue weighted by Crippen LogP contribution is 2.21. The van der Waals surface area contributed by atoms with Crippen LogP contribution in [0.1, 0.15) is 62.0 Å². The van der Waals surface area contributed by atoms with Crippen molar-refractivity contribution in [3.05, 3.63) is 17.0 Å². The Morgan fingerprint density at radius 3 is 2.45 bits per heavy atom. The van der Waals surface area contributed by atoms with Gasteiger partial charge in [0, 0.05) is 19.2 Å². The number of carbonyl (C=O) groups excluding carboxylic acids is 1. The number of hydrogen-bond acceptors (Lipinski definition) is 3. The Hall–Kier alpha value is -1.52. The van der Waals surface area contributed by atoms with Gasteiger partial charge in [-0.2, -0.15) is 0 Å². The molecule has 1 aromatic rings. The van der Waals surface area contributed by atoms with Gasteiger partial charge in [-0.15, -0.1) is 0 Å². The predicted molar refractivity (Wildman–Crippen MR) is 86.7 cm³/mol. The fourth-order valence-corrected chi connectivity index (χ4v) is 3.15. The van der Waals surface area contributed by atoms with E-state index >= 15 is 0 Å². The molecule has 2 amide bonds. The van der Waals surface area contributed by atoms with Gasteiger partial charge in [0.2, 0.25) is 0 Å². The zero-order valence-corrected chi connectivity index (χ0v) is 14.2. The Morgan fingerprint density at radius 1 is 1.23 bits per heavy atom. The van der Waals surface area contributed by atoms with E-state index < -0.39 is 0 Å². The number of nitrogens with one attached hydrogen (secondary N) is 1. The van der Waals surface area contributed by atoms with Gasteiger partial charge in [-0.3, -0.25) is 0 Å². The third-order valence-corrected chi connectivity index (χ3v) is 4.69. The van der Waals surface area contributed by atoms with E-state index in [1.54, 1.807) is 4.90 Å². The Labute approximate surface area is 133 Å². The summed E-state index contributed by atoms with van der Waals surface area (Å²) in [6.45, 7) is 5.13. The smallest absolute Gasteiger partial charge is 0.317 e. The first-order valence-electron chi connectivity index (χ1n) is 8.48. The maximum Gasteiger partial charge on any atom is 0.317 e. The fourth-order valence-electron chi connectivity index (χ4n) is 3.15. The van der Waals surface area contributed by atoms with Crippen molar-refractivity contribution in [2.45, 2.75) is 65.3 Å². The SMILES string of the molecule is Cc1noc(C)c1CN(C)C(=O)NCC1CCCCCCC1. The number of rotatable bonds is 4. The highest BCUT2D eigenvalue weighted by molar-refractivity contribution is 5.73. The van der Waals surface area contributed by atoms with Gasteiger partial charge in [0.25, 0.3) is 0 Å². The van der Waals surface area contributed by atoms with Gasteiger partial charge >= 0.3 is 6.03 Å². The number of hydrogen-bond donors (Lipinski definition) is 1. The first-order valence-corrected chi connectivity index (χ1v) is 8.48. The number of aryl methyl sites for hydroxylation is 2. The van der Waals surface area contributed by atoms with E-state index in [9.17, 15) is 4.79 Å². The minimum absolute atomic E-state index is 0.0120. The summed E-state index contributed by atoms with van der Waals surface area (Å²) in [4.78, 5) is 14.0. The number of carbonyl (C=O) groups is 1. The molecular weight excluding hydrogens is 278 g/mol. The van der Waals surface area contributed by atoms with Gasteiger partial charge < -0.3 is 14.7 Å². The molecule has 1 N–H and O–H groups in total. The molecule has 1 fully saturated rings. The molecule has 0 aromatic carbocycles. The molecular formula is C17H29N3O2. The minimum Gasteiger partial charge on any atom is -0.361 e. The van der Waals surface area contributed by atoms with E-state index in [4.69, 9.17) is 4.52 Å². The lowest BCUT2D eigenvalue weighted by atomic mass is 9.91. The van der Waals surface area contributed by atoms with Gasteiger partial charge in [0.1, 0.15) is 5.76 Å². The second-order valence-corrected chi connectivity index (χ2v) is 6.56. The molecule has 0 aliphatic heterocycles. The minimum atomic E-state index is -0.0120. The van der Waals surface area contributed by atoms with Crippen molar-refractivity contribution in [3.8, 4) is 0 Å². The second-order valence-electron chi connectivity index (χ2n) is 6.56. The zero-order valence-electron chi connectivity index (χ0n) is 14.2. The van der Waals surface area contributed by atoms with Crippen LogP contribution in [0.4, 0.5) is 4.79 Å². The van der Waals surface area contributed by atoms with Gasteiger partial charge in [-0.25, -0.2) is 4.79 Å². The van der Waals surface area contributed by atoms with Crippen molar-refractivity contribution in [1.29, 1.82) is 0 Å². The summed E-state index contributed by atoms with van der Waals surface area (Å²) in [7, 11) is 1.82. The van der Waals surface area contributed by atoms with Crippen LogP contribution in [0.2, 0.25) is 0 Å². The first-order chi connectivity index (χ1) is 10.6. The van der Waals surface area contributed by atoms with Crippen LogP contribution in [-0.2, 0) is 6.54 Å². The van der Waals surface area contributed by atoms with Crippen molar-refractivity contribution in [2.75, 3.05) is 13.6 Å². The Balaban J connectivity index is 1.78. The molecule has 124 valence electrons. The van der Waals surface area contributed by atoms with E-state index in [1.165, 1.54) is 44.9 Å². The summed E-state index contributed by atoms with van der Waals surface area (Å²) < 4.78 is 5.15. The topological polar surface area (TPSA) is 58.4 Å². The number of amides is 2. The lowest BCUT2D eigenvalue weighted by Gasteiger charge is -2.23. The van der Waals surface area contributed by atoms with Crippen molar-refractivity contribution < 1.29 is 9.32 Å². The van der Waals surface area contributed by atoms with Crippen LogP contribution in [0.25, 0.3) is 0 Å². The van der Waals surface area contributed by atoms with Gasteiger partial charge in [0.05, 0.1) is 12.2 Å². The van der Waals surface area contributed by atoms with Crippen LogP contribution in [0.3, 0.4) is 0 Å². The lowest BCUT2D eigenvalue weighted by molar-refractivity contribution is 0.203. The van der Waals surface area contributed by atoms with Crippen LogP contribution in [-0.4, -0.2) is 29.7 Å². The molecule has 0 saturated heterocycles. The quantitative estimate of drug-likeness (QED) is 0.920. The molecule has 0 atom stereocenters. The van der Waals surface area contributed by atoms with Crippen molar-refractivity contribution in [3.63, 3.8) is 0 Å². The first kappa shape index (κ1) is 16.8. The molecule has 1 heterocycles. The largest absolute Gasteiger partial charge is 0.361 e. The van der Waals surface area contributed by atoms with Crippen LogP contribution >= 0.6 is 0 Å². The zero-order chi connectivity index (χ0) is 15.9. The van der Waals surface area contributed by atoms with Crippen LogP contribution < -0.4 is 5.32 Å². The molecule has 1 aliphatic carbocycles. The molecule has 0 bridgehead atoms. The average molecular weight is 307 g/mol. The summed E-state index contributed by atoms with van der Waals surface area (Å²) >= 11 is 0. The van der Waals surface area contributed by atoms with Gasteiger partial charge in [-0.05, 0) is 32.6 Å².